The minimum absolute atomic E-state index is 0.00427. The van der Waals surface area contributed by atoms with Crippen LogP contribution in [0.15, 0.2) is 58.5 Å². The molecule has 0 aliphatic carbocycles. The van der Waals surface area contributed by atoms with Crippen LogP contribution in [0.5, 0.6) is 11.5 Å². The van der Waals surface area contributed by atoms with Crippen LogP contribution in [0.1, 0.15) is 39.9 Å². The monoisotopic (exact) mass is 460 g/mol. The Morgan fingerprint density at radius 1 is 1.06 bits per heavy atom. The molecule has 0 spiro atoms. The fourth-order valence-electron chi connectivity index (χ4n) is 3.28. The number of carboxylic acids is 1. The first-order valence-corrected chi connectivity index (χ1v) is 10.5. The second-order valence-electron chi connectivity index (χ2n) is 7.50. The van der Waals surface area contributed by atoms with Gasteiger partial charge in [0, 0.05) is 5.69 Å². The first-order valence-electron chi connectivity index (χ1n) is 10.5. The van der Waals surface area contributed by atoms with Crippen molar-refractivity contribution in [3.63, 3.8) is 0 Å². The summed E-state index contributed by atoms with van der Waals surface area (Å²) in [6, 6.07) is 15.5. The van der Waals surface area contributed by atoms with Crippen LogP contribution >= 0.6 is 0 Å². The van der Waals surface area contributed by atoms with Crippen molar-refractivity contribution in [3.8, 4) is 17.6 Å². The summed E-state index contributed by atoms with van der Waals surface area (Å²) in [5.41, 5.74) is 3.14. The molecule has 1 amide bonds. The summed E-state index contributed by atoms with van der Waals surface area (Å²) in [6.45, 7) is 6.05. The number of furan rings is 1. The maximum atomic E-state index is 12.6. The summed E-state index contributed by atoms with van der Waals surface area (Å²) < 4.78 is 16.6. The van der Waals surface area contributed by atoms with Crippen LogP contribution in [0.2, 0.25) is 0 Å². The molecule has 34 heavy (non-hydrogen) atoms. The Hall–Kier alpha value is -4.51. The van der Waals surface area contributed by atoms with Gasteiger partial charge < -0.3 is 24.3 Å². The summed E-state index contributed by atoms with van der Waals surface area (Å²) in [6.07, 6.45) is 1.47. The number of ether oxygens (including phenoxy) is 2. The van der Waals surface area contributed by atoms with Gasteiger partial charge in [-0.05, 0) is 79.9 Å². The number of hydrogen-bond donors (Lipinski definition) is 2. The van der Waals surface area contributed by atoms with Crippen molar-refractivity contribution >= 4 is 23.6 Å². The number of carbonyl (C=O) groups is 2. The number of carboxylic acid groups (broad SMARTS) is 1. The number of hydrogen-bond acceptors (Lipinski definition) is 6. The van der Waals surface area contributed by atoms with Gasteiger partial charge in [0.05, 0.1) is 6.61 Å². The van der Waals surface area contributed by atoms with Crippen molar-refractivity contribution in [3.05, 3.63) is 82.3 Å². The molecule has 2 N–H and O–H groups in total. The molecule has 174 valence electrons. The predicted molar refractivity (Wildman–Crippen MR) is 126 cm³/mol. The highest BCUT2D eigenvalue weighted by molar-refractivity contribution is 6.09. The van der Waals surface area contributed by atoms with E-state index in [2.05, 4.69) is 5.32 Å². The van der Waals surface area contributed by atoms with E-state index in [1.165, 1.54) is 18.2 Å². The van der Waals surface area contributed by atoms with Crippen molar-refractivity contribution in [2.75, 3.05) is 11.9 Å². The fourth-order valence-corrected chi connectivity index (χ4v) is 3.28. The number of carbonyl (C=O) groups excluding carboxylic acids is 1. The Balaban J connectivity index is 1.78. The van der Waals surface area contributed by atoms with Crippen LogP contribution in [0.3, 0.4) is 0 Å². The van der Waals surface area contributed by atoms with Gasteiger partial charge >= 0.3 is 5.97 Å². The molecular weight excluding hydrogens is 436 g/mol. The molecule has 2 aromatic carbocycles. The lowest BCUT2D eigenvalue weighted by Crippen LogP contribution is -2.13. The van der Waals surface area contributed by atoms with Crippen LogP contribution in [-0.4, -0.2) is 23.6 Å². The van der Waals surface area contributed by atoms with Crippen LogP contribution < -0.4 is 14.8 Å². The van der Waals surface area contributed by atoms with E-state index in [-0.39, 0.29) is 17.9 Å². The summed E-state index contributed by atoms with van der Waals surface area (Å²) in [5, 5.41) is 21.2. The van der Waals surface area contributed by atoms with E-state index in [4.69, 9.17) is 19.0 Å². The van der Waals surface area contributed by atoms with E-state index in [0.717, 1.165) is 11.1 Å². The first kappa shape index (κ1) is 24.1. The number of nitrogens with one attached hydrogen (secondary N) is 1. The topological polar surface area (TPSA) is 122 Å². The summed E-state index contributed by atoms with van der Waals surface area (Å²) in [4.78, 5) is 23.6. The van der Waals surface area contributed by atoms with Crippen molar-refractivity contribution in [1.29, 1.82) is 5.26 Å². The molecule has 0 fully saturated rings. The Morgan fingerprint density at radius 3 is 2.41 bits per heavy atom. The number of benzene rings is 2. The zero-order valence-corrected chi connectivity index (χ0v) is 19.0. The number of nitriles is 1. The summed E-state index contributed by atoms with van der Waals surface area (Å²) in [7, 11) is 0. The Morgan fingerprint density at radius 2 is 1.79 bits per heavy atom. The van der Waals surface area contributed by atoms with E-state index in [0.29, 0.717) is 35.1 Å². The van der Waals surface area contributed by atoms with Crippen LogP contribution in [0.25, 0.3) is 6.08 Å². The molecule has 0 aliphatic rings. The number of amides is 1. The molecule has 3 aromatic rings. The number of rotatable bonds is 9. The lowest BCUT2D eigenvalue weighted by atomic mass is 10.1. The molecule has 1 heterocycles. The zero-order valence-electron chi connectivity index (χ0n) is 19.0. The van der Waals surface area contributed by atoms with Crippen molar-refractivity contribution < 1.29 is 28.6 Å². The van der Waals surface area contributed by atoms with Gasteiger partial charge in [-0.2, -0.15) is 5.26 Å². The molecule has 0 bridgehead atoms. The van der Waals surface area contributed by atoms with Gasteiger partial charge in [-0.3, -0.25) is 4.79 Å². The second-order valence-corrected chi connectivity index (χ2v) is 7.50. The molecular formula is C26H24N2O6. The SMILES string of the molecule is CCOc1cc(C=C(C#N)C(=O)Nc2cc(C)cc(C)c2)ccc1OCc1ccc(C(=O)O)o1. The third-order valence-corrected chi connectivity index (χ3v) is 4.67. The molecule has 0 unspecified atom stereocenters. The molecule has 0 radical (unpaired) electrons. The first-order chi connectivity index (χ1) is 16.3. The van der Waals surface area contributed by atoms with E-state index < -0.39 is 11.9 Å². The van der Waals surface area contributed by atoms with Gasteiger partial charge in [-0.15, -0.1) is 0 Å². The third kappa shape index (κ3) is 6.26. The van der Waals surface area contributed by atoms with Crippen LogP contribution in [-0.2, 0) is 11.4 Å². The Labute approximate surface area is 197 Å². The molecule has 0 saturated carbocycles. The van der Waals surface area contributed by atoms with Crippen LogP contribution in [0.4, 0.5) is 5.69 Å². The number of anilines is 1. The highest BCUT2D eigenvalue weighted by Gasteiger charge is 2.13. The van der Waals surface area contributed by atoms with Crippen molar-refractivity contribution in [2.24, 2.45) is 0 Å². The molecule has 1 aromatic heterocycles. The average molecular weight is 460 g/mol. The van der Waals surface area contributed by atoms with E-state index >= 15 is 0 Å². The smallest absolute Gasteiger partial charge is 0.371 e. The summed E-state index contributed by atoms with van der Waals surface area (Å²) >= 11 is 0. The Kier molecular flexibility index (Phi) is 7.72. The van der Waals surface area contributed by atoms with E-state index in [1.807, 2.05) is 45.0 Å². The van der Waals surface area contributed by atoms with Crippen molar-refractivity contribution in [1.82, 2.24) is 0 Å². The van der Waals surface area contributed by atoms with Gasteiger partial charge in [-0.25, -0.2) is 4.79 Å². The normalized spacial score (nSPS) is 10.9. The fraction of sp³-hybridized carbons (Fsp3) is 0.192. The quantitative estimate of drug-likeness (QED) is 0.336. The van der Waals surface area contributed by atoms with Crippen LogP contribution in [0, 0.1) is 25.2 Å². The molecule has 0 aliphatic heterocycles. The number of aromatic carboxylic acids is 1. The molecule has 8 nitrogen and oxygen atoms in total. The second kappa shape index (κ2) is 10.9. The van der Waals surface area contributed by atoms with Crippen molar-refractivity contribution in [2.45, 2.75) is 27.4 Å². The largest absolute Gasteiger partial charge is 0.490 e. The number of nitrogens with zero attached hydrogens (tertiary/aromatic N) is 1. The number of aryl methyl sites for hydroxylation is 2. The minimum atomic E-state index is -1.16. The van der Waals surface area contributed by atoms with Gasteiger partial charge in [0.25, 0.3) is 5.91 Å². The maximum Gasteiger partial charge on any atom is 0.371 e. The zero-order chi connectivity index (χ0) is 24.7. The molecule has 8 heteroatoms. The van der Waals surface area contributed by atoms with E-state index in [1.54, 1.807) is 18.2 Å². The van der Waals surface area contributed by atoms with Gasteiger partial charge in [0.1, 0.15) is 24.0 Å². The van der Waals surface area contributed by atoms with Gasteiger partial charge in [0.15, 0.2) is 11.5 Å². The van der Waals surface area contributed by atoms with Gasteiger partial charge in [0.2, 0.25) is 5.76 Å². The molecule has 0 saturated heterocycles. The standard InChI is InChI=1S/C26H24N2O6/c1-4-32-24-13-18(5-7-22(24)33-15-21-6-8-23(34-21)26(30)31)12-19(14-27)25(29)28-20-10-16(2)9-17(3)11-20/h5-13H,4,15H2,1-3H3,(H,28,29)(H,30,31). The van der Waals surface area contributed by atoms with E-state index in [9.17, 15) is 14.9 Å². The lowest BCUT2D eigenvalue weighted by molar-refractivity contribution is -0.112. The molecule has 0 atom stereocenters. The predicted octanol–water partition coefficient (Wildman–Crippen LogP) is 5.12. The highest BCUT2D eigenvalue weighted by Crippen LogP contribution is 2.30. The Bertz CT molecular complexity index is 1260. The summed E-state index contributed by atoms with van der Waals surface area (Å²) in [5.74, 6) is -0.685. The van der Waals surface area contributed by atoms with Gasteiger partial charge in [-0.1, -0.05) is 12.1 Å². The third-order valence-electron chi connectivity index (χ3n) is 4.67. The lowest BCUT2D eigenvalue weighted by Gasteiger charge is -2.12. The average Bonchev–Trinajstić information content (AvgIpc) is 3.26. The highest BCUT2D eigenvalue weighted by atomic mass is 16.5. The maximum absolute atomic E-state index is 12.6. The molecule has 3 rings (SSSR count). The minimum Gasteiger partial charge on any atom is -0.490 e.